The van der Waals surface area contributed by atoms with Crippen molar-refractivity contribution in [2.24, 2.45) is 0 Å². The van der Waals surface area contributed by atoms with Crippen molar-refractivity contribution >= 4 is 32.8 Å². The second-order valence-corrected chi connectivity index (χ2v) is 4.23. The maximum atomic E-state index is 3.52. The topological polar surface area (TPSA) is 12.0 Å². The van der Waals surface area contributed by atoms with Crippen LogP contribution in [-0.2, 0) is 0 Å². The largest absolute Gasteiger partial charge is 0.309 e. The van der Waals surface area contributed by atoms with Gasteiger partial charge in [-0.15, -0.1) is 11.3 Å². The van der Waals surface area contributed by atoms with Gasteiger partial charge < -0.3 is 5.32 Å². The first kappa shape index (κ1) is 7.53. The van der Waals surface area contributed by atoms with Gasteiger partial charge >= 0.3 is 0 Å². The number of halogens is 1. The highest BCUT2D eigenvalue weighted by Crippen LogP contribution is 2.30. The molecule has 3 heteroatoms. The van der Waals surface area contributed by atoms with Crippen LogP contribution in [0.3, 0.4) is 0 Å². The minimum absolute atomic E-state index is 1.01. The van der Waals surface area contributed by atoms with Crippen LogP contribution >= 0.6 is 27.3 Å². The first-order chi connectivity index (χ1) is 5.38. The Hall–Kier alpha value is -0.120. The molecule has 0 saturated carbocycles. The molecule has 0 saturated heterocycles. The molecule has 0 atom stereocenters. The molecule has 0 aliphatic carbocycles. The predicted octanol–water partition coefficient (Wildman–Crippen LogP) is 2.50. The third kappa shape index (κ3) is 1.41. The molecule has 1 nitrogen and oxygen atoms in total. The van der Waals surface area contributed by atoms with Gasteiger partial charge in [0, 0.05) is 22.4 Å². The molecule has 0 spiro atoms. The summed E-state index contributed by atoms with van der Waals surface area (Å²) in [7, 11) is 0. The number of thiophene rings is 1. The average Bonchev–Trinajstić information content (AvgIpc) is 2.55. The number of hydrogen-bond acceptors (Lipinski definition) is 2. The van der Waals surface area contributed by atoms with Crippen LogP contribution in [0.4, 0.5) is 0 Å². The monoisotopic (exact) mass is 229 g/mol. The molecule has 1 aliphatic heterocycles. The lowest BCUT2D eigenvalue weighted by Gasteiger charge is -1.97. The van der Waals surface area contributed by atoms with Gasteiger partial charge in [0.1, 0.15) is 0 Å². The Morgan fingerprint density at radius 1 is 1.55 bits per heavy atom. The quantitative estimate of drug-likeness (QED) is 0.781. The smallest absolute Gasteiger partial charge is 0.0454 e. The van der Waals surface area contributed by atoms with Crippen LogP contribution in [0.5, 0.6) is 0 Å². The van der Waals surface area contributed by atoms with Crippen molar-refractivity contribution in [2.45, 2.75) is 0 Å². The van der Waals surface area contributed by atoms with Gasteiger partial charge in [0.05, 0.1) is 0 Å². The maximum absolute atomic E-state index is 3.52. The Balaban J connectivity index is 2.35. The average molecular weight is 230 g/mol. The summed E-state index contributed by atoms with van der Waals surface area (Å²) >= 11 is 5.31. The van der Waals surface area contributed by atoms with E-state index in [4.69, 9.17) is 0 Å². The van der Waals surface area contributed by atoms with Crippen LogP contribution in [0.25, 0.3) is 5.57 Å². The lowest BCUT2D eigenvalue weighted by atomic mass is 10.2. The van der Waals surface area contributed by atoms with Gasteiger partial charge in [-0.2, -0.15) is 0 Å². The van der Waals surface area contributed by atoms with Crippen LogP contribution in [0, 0.1) is 0 Å². The molecule has 0 bridgehead atoms. The zero-order chi connectivity index (χ0) is 7.68. The fourth-order valence-electron chi connectivity index (χ4n) is 1.17. The van der Waals surface area contributed by atoms with E-state index in [1.165, 1.54) is 14.9 Å². The zero-order valence-electron chi connectivity index (χ0n) is 5.93. The van der Waals surface area contributed by atoms with Crippen LogP contribution < -0.4 is 5.32 Å². The highest BCUT2D eigenvalue weighted by Gasteiger charge is 2.10. The first-order valence-electron chi connectivity index (χ1n) is 3.51. The van der Waals surface area contributed by atoms with Crippen LogP contribution in [0.2, 0.25) is 0 Å². The summed E-state index contributed by atoms with van der Waals surface area (Å²) in [6, 6.07) is 2.10. The van der Waals surface area contributed by atoms with Crippen LogP contribution in [-0.4, -0.2) is 13.1 Å². The fourth-order valence-corrected chi connectivity index (χ4v) is 2.84. The first-order valence-corrected chi connectivity index (χ1v) is 5.18. The lowest BCUT2D eigenvalue weighted by Crippen LogP contribution is -2.07. The van der Waals surface area contributed by atoms with Gasteiger partial charge in [-0.1, -0.05) is 6.08 Å². The second-order valence-electron chi connectivity index (χ2n) is 2.46. The molecule has 2 heterocycles. The van der Waals surface area contributed by atoms with Crippen LogP contribution in [0.15, 0.2) is 22.0 Å². The van der Waals surface area contributed by atoms with Crippen molar-refractivity contribution in [1.82, 2.24) is 5.32 Å². The normalized spacial score (nSPS) is 17.0. The Labute approximate surface area is 78.3 Å². The van der Waals surface area contributed by atoms with Crippen LogP contribution in [0.1, 0.15) is 4.88 Å². The highest BCUT2D eigenvalue weighted by molar-refractivity contribution is 9.10. The zero-order valence-corrected chi connectivity index (χ0v) is 8.33. The van der Waals surface area contributed by atoms with Gasteiger partial charge in [0.15, 0.2) is 0 Å². The molecule has 1 aromatic rings. The number of nitrogens with one attached hydrogen (secondary N) is 1. The summed E-state index contributed by atoms with van der Waals surface area (Å²) in [4.78, 5) is 1.37. The molecule has 0 unspecified atom stereocenters. The van der Waals surface area contributed by atoms with E-state index in [1.807, 2.05) is 0 Å². The van der Waals surface area contributed by atoms with E-state index >= 15 is 0 Å². The molecule has 0 amide bonds. The third-order valence-corrected chi connectivity index (χ3v) is 3.63. The van der Waals surface area contributed by atoms with Gasteiger partial charge in [-0.25, -0.2) is 0 Å². The van der Waals surface area contributed by atoms with Crippen molar-refractivity contribution in [2.75, 3.05) is 13.1 Å². The van der Waals surface area contributed by atoms with Gasteiger partial charge in [0.2, 0.25) is 0 Å². The maximum Gasteiger partial charge on any atom is 0.0454 e. The fraction of sp³-hybridized carbons (Fsp3) is 0.250. The lowest BCUT2D eigenvalue weighted by molar-refractivity contribution is 0.898. The number of rotatable bonds is 1. The molecule has 11 heavy (non-hydrogen) atoms. The molecular formula is C8H8BrNS. The van der Waals surface area contributed by atoms with Crippen molar-refractivity contribution in [1.29, 1.82) is 0 Å². The highest BCUT2D eigenvalue weighted by atomic mass is 79.9. The molecule has 0 aromatic carbocycles. The Morgan fingerprint density at radius 3 is 3.00 bits per heavy atom. The van der Waals surface area contributed by atoms with E-state index in [1.54, 1.807) is 11.3 Å². The van der Waals surface area contributed by atoms with Crippen molar-refractivity contribution in [3.05, 3.63) is 26.9 Å². The Kier molecular flexibility index (Phi) is 2.11. The van der Waals surface area contributed by atoms with Crippen molar-refractivity contribution < 1.29 is 0 Å². The van der Waals surface area contributed by atoms with E-state index in [2.05, 4.69) is 38.8 Å². The summed E-state index contributed by atoms with van der Waals surface area (Å²) in [6.45, 7) is 2.03. The van der Waals surface area contributed by atoms with Crippen molar-refractivity contribution in [3.8, 4) is 0 Å². The molecule has 1 aliphatic rings. The van der Waals surface area contributed by atoms with Gasteiger partial charge in [-0.3, -0.25) is 0 Å². The molecule has 58 valence electrons. The Morgan fingerprint density at radius 2 is 2.45 bits per heavy atom. The summed E-state index contributed by atoms with van der Waals surface area (Å²) < 4.78 is 1.22. The van der Waals surface area contributed by atoms with Gasteiger partial charge in [0.25, 0.3) is 0 Å². The minimum atomic E-state index is 1.01. The molecular weight excluding hydrogens is 222 g/mol. The summed E-state index contributed by atoms with van der Waals surface area (Å²) in [5.74, 6) is 0. The summed E-state index contributed by atoms with van der Waals surface area (Å²) in [5, 5.41) is 5.39. The molecule has 1 aromatic heterocycles. The second kappa shape index (κ2) is 3.09. The number of hydrogen-bond donors (Lipinski definition) is 1. The van der Waals surface area contributed by atoms with E-state index < -0.39 is 0 Å². The standard InChI is InChI=1S/C8H8BrNS/c9-7-2-4-11-8(7)6-1-3-10-5-6/h1-2,4,10H,3,5H2. The van der Waals surface area contributed by atoms with E-state index in [0.717, 1.165) is 13.1 Å². The van der Waals surface area contributed by atoms with Crippen molar-refractivity contribution in [3.63, 3.8) is 0 Å². The van der Waals surface area contributed by atoms with E-state index in [9.17, 15) is 0 Å². The Bertz CT molecular complexity index is 290. The van der Waals surface area contributed by atoms with E-state index in [0.29, 0.717) is 0 Å². The summed E-state index contributed by atoms with van der Waals surface area (Å²) in [6.07, 6.45) is 2.25. The molecule has 0 fully saturated rings. The summed E-state index contributed by atoms with van der Waals surface area (Å²) in [5.41, 5.74) is 1.42. The predicted molar refractivity (Wildman–Crippen MR) is 52.9 cm³/mol. The molecule has 2 rings (SSSR count). The van der Waals surface area contributed by atoms with E-state index in [-0.39, 0.29) is 0 Å². The molecule has 1 N–H and O–H groups in total. The SMILES string of the molecule is Brc1ccsc1C1=CCNC1. The minimum Gasteiger partial charge on any atom is -0.309 e. The third-order valence-electron chi connectivity index (χ3n) is 1.72. The van der Waals surface area contributed by atoms with Gasteiger partial charge in [-0.05, 0) is 32.9 Å². The molecule has 0 radical (unpaired) electrons.